The Morgan fingerprint density at radius 1 is 1.09 bits per heavy atom. The number of carbonyl (C=O) groups excluding carboxylic acids is 2. The lowest BCUT2D eigenvalue weighted by Gasteiger charge is -2.62. The third-order valence-electron chi connectivity index (χ3n) is 12.9. The average molecular weight is 785 g/mol. The zero-order valence-electron chi connectivity index (χ0n) is 31.7. The number of para-hydroxylation sites is 1. The van der Waals surface area contributed by atoms with Crippen LogP contribution in [0.3, 0.4) is 0 Å². The number of aryl methyl sites for hydroxylation is 1. The number of hydrogen-bond acceptors (Lipinski definition) is 14. The van der Waals surface area contributed by atoms with Gasteiger partial charge in [0.25, 0.3) is 0 Å². The second-order valence-corrected chi connectivity index (χ2v) is 17.0. The number of phenolic OH excluding ortho intramolecular Hbond substituents is 1. The van der Waals surface area contributed by atoms with Crippen LogP contribution < -0.4 is 24.3 Å². The van der Waals surface area contributed by atoms with E-state index in [0.717, 1.165) is 27.6 Å². The third-order valence-corrected chi connectivity index (χ3v) is 14.4. The number of methoxy groups -OCH3 is 1. The zero-order chi connectivity index (χ0) is 38.9. The minimum Gasteiger partial charge on any atom is -0.504 e. The molecule has 1 aromatic heterocycles. The quantitative estimate of drug-likeness (QED) is 0.151. The smallest absolute Gasteiger partial charge is 0.333 e. The van der Waals surface area contributed by atoms with E-state index >= 15 is 0 Å². The van der Waals surface area contributed by atoms with Gasteiger partial charge in [-0.05, 0) is 56.5 Å². The van der Waals surface area contributed by atoms with Crippen LogP contribution in [-0.4, -0.2) is 106 Å². The molecular weight excluding hydrogens is 741 g/mol. The van der Waals surface area contributed by atoms with E-state index in [-0.39, 0.29) is 31.5 Å². The second kappa shape index (κ2) is 12.7. The van der Waals surface area contributed by atoms with Gasteiger partial charge in [0, 0.05) is 57.9 Å². The highest BCUT2D eigenvalue weighted by atomic mass is 32.2. The van der Waals surface area contributed by atoms with Gasteiger partial charge in [-0.25, -0.2) is 4.79 Å². The minimum atomic E-state index is -1.42. The number of benzene rings is 3. The van der Waals surface area contributed by atoms with Gasteiger partial charge in [-0.15, -0.1) is 11.8 Å². The van der Waals surface area contributed by atoms with E-state index in [0.29, 0.717) is 63.8 Å². The monoisotopic (exact) mass is 784 g/mol. The lowest BCUT2D eigenvalue weighted by molar-refractivity contribution is -0.186. The van der Waals surface area contributed by atoms with E-state index < -0.39 is 59.2 Å². The molecule has 8 atom stereocenters. The van der Waals surface area contributed by atoms with Crippen LogP contribution in [0.4, 0.5) is 0 Å². The number of rotatable bonds is 3. The molecule has 4 bridgehead atoms. The Morgan fingerprint density at radius 2 is 1.88 bits per heavy atom. The summed E-state index contributed by atoms with van der Waals surface area (Å²) < 4.78 is 30.6. The lowest BCUT2D eigenvalue weighted by Crippen LogP contribution is -2.70. The number of nitrogens with zero attached hydrogens (tertiary/aromatic N) is 2. The van der Waals surface area contributed by atoms with Gasteiger partial charge in [0.15, 0.2) is 28.5 Å². The summed E-state index contributed by atoms with van der Waals surface area (Å²) in [5.74, 6) is 0.732. The molecule has 11 rings (SSSR count). The van der Waals surface area contributed by atoms with Crippen molar-refractivity contribution in [1.29, 1.82) is 0 Å². The number of esters is 2. The van der Waals surface area contributed by atoms with Crippen LogP contribution >= 0.6 is 11.8 Å². The fourth-order valence-electron chi connectivity index (χ4n) is 10.7. The Balaban J connectivity index is 1.25. The van der Waals surface area contributed by atoms with E-state index in [1.54, 1.807) is 0 Å². The molecule has 4 aromatic rings. The van der Waals surface area contributed by atoms with Crippen LogP contribution in [0.5, 0.6) is 28.7 Å². The molecule has 5 N–H and O–H groups in total. The first-order chi connectivity index (χ1) is 27.0. The summed E-state index contributed by atoms with van der Waals surface area (Å²) in [5.41, 5.74) is 5.36. The molecule has 15 heteroatoms. The molecule has 0 saturated carbocycles. The van der Waals surface area contributed by atoms with Crippen LogP contribution in [0.2, 0.25) is 0 Å². The number of aromatic nitrogens is 1. The highest BCUT2D eigenvalue weighted by molar-refractivity contribution is 7.99. The minimum absolute atomic E-state index is 0.0414. The highest BCUT2D eigenvalue weighted by Gasteiger charge is 2.62. The van der Waals surface area contributed by atoms with E-state index in [4.69, 9.17) is 23.7 Å². The van der Waals surface area contributed by atoms with E-state index in [2.05, 4.69) is 15.2 Å². The number of carbonyl (C=O) groups is 2. The van der Waals surface area contributed by atoms with Crippen LogP contribution in [-0.2, 0) is 32.7 Å². The van der Waals surface area contributed by atoms with Crippen LogP contribution in [0.25, 0.3) is 10.9 Å². The number of aromatic hydroxyl groups is 1. The van der Waals surface area contributed by atoms with Crippen molar-refractivity contribution < 1.29 is 48.6 Å². The molecule has 2 fully saturated rings. The van der Waals surface area contributed by atoms with Crippen molar-refractivity contribution in [2.75, 3.05) is 39.9 Å². The zero-order valence-corrected chi connectivity index (χ0v) is 32.5. The van der Waals surface area contributed by atoms with Crippen molar-refractivity contribution in [2.24, 2.45) is 0 Å². The van der Waals surface area contributed by atoms with Crippen molar-refractivity contribution in [3.63, 3.8) is 0 Å². The maximum Gasteiger partial charge on any atom is 0.333 e. The number of thioether (sulfide) groups is 1. The number of ether oxygens (including phenoxy) is 5. The number of H-pyrrole nitrogens is 1. The molecule has 14 nitrogen and oxygen atoms in total. The Kier molecular flexibility index (Phi) is 8.17. The number of phenols is 1. The lowest BCUT2D eigenvalue weighted by atomic mass is 9.73. The first kappa shape index (κ1) is 35.9. The molecule has 56 heavy (non-hydrogen) atoms. The molecule has 7 aliphatic rings. The Hall–Kier alpha value is -4.51. The first-order valence-electron chi connectivity index (χ1n) is 19.0. The third kappa shape index (κ3) is 4.75. The van der Waals surface area contributed by atoms with E-state index in [9.17, 15) is 24.9 Å². The summed E-state index contributed by atoms with van der Waals surface area (Å²) >= 11 is 1.47. The number of aliphatic hydroxyl groups is 2. The predicted molar refractivity (Wildman–Crippen MR) is 204 cm³/mol. The fraction of sp³-hybridized carbons (Fsp3) is 0.463. The molecule has 0 unspecified atom stereocenters. The van der Waals surface area contributed by atoms with E-state index in [1.807, 2.05) is 56.1 Å². The molecule has 8 heterocycles. The van der Waals surface area contributed by atoms with Gasteiger partial charge >= 0.3 is 11.9 Å². The van der Waals surface area contributed by atoms with Gasteiger partial charge in [0.05, 0.1) is 42.8 Å². The second-order valence-electron chi connectivity index (χ2n) is 15.8. The van der Waals surface area contributed by atoms with Crippen molar-refractivity contribution in [1.82, 2.24) is 20.1 Å². The molecule has 0 amide bonds. The normalized spacial score (nSPS) is 30.3. The molecule has 2 saturated heterocycles. The number of likely N-dealkylation sites (N-methyl/N-ethyl adjacent to an activating group) is 1. The number of fused-ring (bicyclic) bond motifs is 11. The summed E-state index contributed by atoms with van der Waals surface area (Å²) in [7, 11) is 3.51. The molecule has 0 radical (unpaired) electrons. The van der Waals surface area contributed by atoms with Crippen LogP contribution in [0.1, 0.15) is 68.9 Å². The largest absolute Gasteiger partial charge is 0.504 e. The molecule has 3 aromatic carbocycles. The van der Waals surface area contributed by atoms with E-state index in [1.165, 1.54) is 25.8 Å². The van der Waals surface area contributed by atoms with Gasteiger partial charge < -0.3 is 44.0 Å². The SMILES string of the molecule is COc1c(C)cc2c(c1O)[C@@H]1[C@@H]3[C@@H]4SC[C@]5(N[C@@H](CO)Cc6c5[nH]c5ccccc65)C(=O)OC[C@@H](c5c6c(c(C)c(OC(C)=O)c54)OCO6)N3[C@@H](O)[C@H](C2)N1C. The van der Waals surface area contributed by atoms with Gasteiger partial charge in [-0.2, -0.15) is 0 Å². The maximum atomic E-state index is 14.9. The predicted octanol–water partition coefficient (Wildman–Crippen LogP) is 3.54. The summed E-state index contributed by atoms with van der Waals surface area (Å²) in [6, 6.07) is 7.21. The molecule has 0 aliphatic carbocycles. The van der Waals surface area contributed by atoms with Gasteiger partial charge in [0.1, 0.15) is 18.6 Å². The van der Waals surface area contributed by atoms with Crippen LogP contribution in [0.15, 0.2) is 30.3 Å². The van der Waals surface area contributed by atoms with Crippen LogP contribution in [0, 0.1) is 13.8 Å². The molecule has 1 spiro atoms. The summed E-state index contributed by atoms with van der Waals surface area (Å²) in [4.78, 5) is 35.6. The highest BCUT2D eigenvalue weighted by Crippen LogP contribution is 2.64. The summed E-state index contributed by atoms with van der Waals surface area (Å²) in [5, 5.41) is 39.2. The van der Waals surface area contributed by atoms with Crippen molar-refractivity contribution in [3.8, 4) is 28.7 Å². The Labute approximate surface area is 327 Å². The molecule has 294 valence electrons. The summed E-state index contributed by atoms with van der Waals surface area (Å²) in [6.07, 6.45) is -0.0981. The number of hydrogen-bond donors (Lipinski definition) is 5. The molecular formula is C41H44N4O10S. The maximum absolute atomic E-state index is 14.9. The Bertz CT molecular complexity index is 2350. The summed E-state index contributed by atoms with van der Waals surface area (Å²) in [6.45, 7) is 4.62. The number of piperazine rings is 1. The standard InChI is InChI=1S/C41H44N4O10S/c1-17-10-20-11-25-39(49)45-26-14-52-40(50)41(38-23(12-21(13-46)43-41)22-8-6-7-9-24(22)42-38)15-56-37(31(45)30(44(25)4)27(20)32(48)33(17)51-5)29-28(26)36-35(53-16-54-36)18(2)34(29)55-19(3)47/h6-10,21,25-26,30-31,37,39,42-43,46,48-49H,11-16H2,1-5H3/t21-,25+,26+,30-,31-,37-,39+,41-/m1/s1. The number of nitrogens with one attached hydrogen (secondary N) is 2. The van der Waals surface area contributed by atoms with Crippen molar-refractivity contribution in [3.05, 3.63) is 75.0 Å². The van der Waals surface area contributed by atoms with Gasteiger partial charge in [-0.3, -0.25) is 19.9 Å². The number of aliphatic hydroxyl groups excluding tert-OH is 2. The van der Waals surface area contributed by atoms with Gasteiger partial charge in [0.2, 0.25) is 6.79 Å². The number of aromatic amines is 1. The fourth-order valence-corrected chi connectivity index (χ4v) is 12.3. The van der Waals surface area contributed by atoms with Crippen molar-refractivity contribution in [2.45, 2.75) is 80.8 Å². The molecule has 7 aliphatic heterocycles. The average Bonchev–Trinajstić information content (AvgIpc) is 3.82. The van der Waals surface area contributed by atoms with Gasteiger partial charge in [-0.1, -0.05) is 24.3 Å². The van der Waals surface area contributed by atoms with Crippen molar-refractivity contribution >= 4 is 34.6 Å². The Morgan fingerprint density at radius 3 is 2.64 bits per heavy atom. The first-order valence-corrected chi connectivity index (χ1v) is 20.0. The topological polar surface area (TPSA) is 175 Å².